The van der Waals surface area contributed by atoms with E-state index in [-0.39, 0.29) is 0 Å². The second-order valence-electron chi connectivity index (χ2n) is 5.34. The Hall–Kier alpha value is -2.92. The summed E-state index contributed by atoms with van der Waals surface area (Å²) in [7, 11) is 0. The molecule has 118 valence electrons. The molecule has 1 N–H and O–H groups in total. The van der Waals surface area contributed by atoms with Gasteiger partial charge in [-0.15, -0.1) is 10.2 Å². The Morgan fingerprint density at radius 2 is 1.79 bits per heavy atom. The first kappa shape index (κ1) is 14.7. The molecule has 24 heavy (non-hydrogen) atoms. The van der Waals surface area contributed by atoms with Crippen molar-refractivity contribution in [1.29, 1.82) is 0 Å². The Labute approximate surface area is 144 Å². The third-order valence-corrected chi connectivity index (χ3v) is 4.14. The average molecular weight is 336 g/mol. The SMILES string of the molecule is Clc1ccccc1CNc1cc(-c2ccccc2)nc2nncn12. The average Bonchev–Trinajstić information content (AvgIpc) is 3.10. The normalized spacial score (nSPS) is 10.9. The summed E-state index contributed by atoms with van der Waals surface area (Å²) in [5.41, 5.74) is 2.90. The molecular formula is C18H14ClN5. The van der Waals surface area contributed by atoms with Crippen LogP contribution in [0.5, 0.6) is 0 Å². The lowest BCUT2D eigenvalue weighted by Gasteiger charge is -2.11. The molecule has 0 radical (unpaired) electrons. The number of nitrogens with one attached hydrogen (secondary N) is 1. The lowest BCUT2D eigenvalue weighted by molar-refractivity contribution is 1.05. The molecular weight excluding hydrogens is 322 g/mol. The maximum absolute atomic E-state index is 6.23. The van der Waals surface area contributed by atoms with Gasteiger partial charge in [0.05, 0.1) is 5.69 Å². The van der Waals surface area contributed by atoms with Gasteiger partial charge in [0.1, 0.15) is 12.1 Å². The number of nitrogens with zero attached hydrogens (tertiary/aromatic N) is 4. The van der Waals surface area contributed by atoms with Gasteiger partial charge in [0.15, 0.2) is 0 Å². The van der Waals surface area contributed by atoms with Gasteiger partial charge in [-0.05, 0) is 11.6 Å². The largest absolute Gasteiger partial charge is 0.367 e. The molecule has 0 aliphatic rings. The molecule has 4 rings (SSSR count). The van der Waals surface area contributed by atoms with Gasteiger partial charge < -0.3 is 5.32 Å². The minimum Gasteiger partial charge on any atom is -0.367 e. The summed E-state index contributed by atoms with van der Waals surface area (Å²) < 4.78 is 1.82. The number of anilines is 1. The van der Waals surface area contributed by atoms with Gasteiger partial charge in [-0.3, -0.25) is 4.40 Å². The van der Waals surface area contributed by atoms with Crippen LogP contribution in [0.3, 0.4) is 0 Å². The minimum absolute atomic E-state index is 0.554. The fourth-order valence-electron chi connectivity index (χ4n) is 2.53. The van der Waals surface area contributed by atoms with Crippen molar-refractivity contribution in [1.82, 2.24) is 19.6 Å². The van der Waals surface area contributed by atoms with Crippen molar-refractivity contribution in [3.05, 3.63) is 77.6 Å². The summed E-state index contributed by atoms with van der Waals surface area (Å²) in [5.74, 6) is 1.42. The van der Waals surface area contributed by atoms with E-state index in [0.717, 1.165) is 27.7 Å². The van der Waals surface area contributed by atoms with Crippen LogP contribution in [0.15, 0.2) is 67.0 Å². The van der Waals surface area contributed by atoms with Gasteiger partial charge in [0.25, 0.3) is 5.78 Å². The summed E-state index contributed by atoms with van der Waals surface area (Å²) in [6.07, 6.45) is 1.64. The highest BCUT2D eigenvalue weighted by molar-refractivity contribution is 6.31. The number of aromatic nitrogens is 4. The Morgan fingerprint density at radius 3 is 2.62 bits per heavy atom. The zero-order chi connectivity index (χ0) is 16.4. The molecule has 2 aromatic heterocycles. The van der Waals surface area contributed by atoms with Crippen LogP contribution in [-0.2, 0) is 6.54 Å². The highest BCUT2D eigenvalue weighted by Gasteiger charge is 2.09. The van der Waals surface area contributed by atoms with Gasteiger partial charge >= 0.3 is 0 Å². The monoisotopic (exact) mass is 335 g/mol. The standard InChI is InChI=1S/C18H14ClN5/c19-15-9-5-4-8-14(15)11-20-17-10-16(13-6-2-1-3-7-13)22-18-23-21-12-24(17)18/h1-10,12,20H,11H2. The van der Waals surface area contributed by atoms with Crippen LogP contribution in [0.2, 0.25) is 5.02 Å². The van der Waals surface area contributed by atoms with Crippen LogP contribution >= 0.6 is 11.6 Å². The Balaban J connectivity index is 1.71. The molecule has 0 aliphatic carbocycles. The minimum atomic E-state index is 0.554. The molecule has 0 atom stereocenters. The molecule has 0 spiro atoms. The smallest absolute Gasteiger partial charge is 0.256 e. The highest BCUT2D eigenvalue weighted by atomic mass is 35.5. The van der Waals surface area contributed by atoms with E-state index < -0.39 is 0 Å². The molecule has 0 saturated carbocycles. The van der Waals surface area contributed by atoms with Crippen LogP contribution < -0.4 is 5.32 Å². The van der Waals surface area contributed by atoms with Crippen molar-refractivity contribution in [2.45, 2.75) is 6.54 Å². The van der Waals surface area contributed by atoms with Crippen molar-refractivity contribution in [3.63, 3.8) is 0 Å². The zero-order valence-electron chi connectivity index (χ0n) is 12.7. The van der Waals surface area contributed by atoms with Crippen molar-refractivity contribution < 1.29 is 0 Å². The van der Waals surface area contributed by atoms with Crippen LogP contribution in [0.1, 0.15) is 5.56 Å². The van der Waals surface area contributed by atoms with Crippen molar-refractivity contribution in [3.8, 4) is 11.3 Å². The number of benzene rings is 2. The summed E-state index contributed by atoms with van der Waals surface area (Å²) in [6, 6.07) is 19.8. The Bertz CT molecular complexity index is 981. The van der Waals surface area contributed by atoms with Gasteiger partial charge in [-0.25, -0.2) is 4.98 Å². The molecule has 0 aliphatic heterocycles. The Kier molecular flexibility index (Phi) is 3.84. The topological polar surface area (TPSA) is 55.1 Å². The summed E-state index contributed by atoms with van der Waals surface area (Å²) in [4.78, 5) is 4.56. The van der Waals surface area contributed by atoms with Crippen molar-refractivity contribution in [2.75, 3.05) is 5.32 Å². The van der Waals surface area contributed by atoms with Crippen LogP contribution in [0.25, 0.3) is 17.0 Å². The second kappa shape index (κ2) is 6.29. The van der Waals surface area contributed by atoms with Crippen molar-refractivity contribution >= 4 is 23.2 Å². The van der Waals surface area contributed by atoms with Crippen LogP contribution in [0, 0.1) is 0 Å². The predicted molar refractivity (Wildman–Crippen MR) is 95.0 cm³/mol. The summed E-state index contributed by atoms with van der Waals surface area (Å²) >= 11 is 6.23. The molecule has 0 saturated heterocycles. The molecule has 0 unspecified atom stereocenters. The maximum Gasteiger partial charge on any atom is 0.256 e. The highest BCUT2D eigenvalue weighted by Crippen LogP contribution is 2.23. The first-order chi connectivity index (χ1) is 11.8. The van der Waals surface area contributed by atoms with E-state index in [4.69, 9.17) is 11.6 Å². The molecule has 0 amide bonds. The lowest BCUT2D eigenvalue weighted by Crippen LogP contribution is -2.06. The van der Waals surface area contributed by atoms with E-state index in [1.807, 2.05) is 65.1 Å². The summed E-state index contributed by atoms with van der Waals surface area (Å²) in [5, 5.41) is 12.2. The van der Waals surface area contributed by atoms with E-state index in [0.29, 0.717) is 12.3 Å². The maximum atomic E-state index is 6.23. The van der Waals surface area contributed by atoms with E-state index >= 15 is 0 Å². The number of fused-ring (bicyclic) bond motifs is 1. The van der Waals surface area contributed by atoms with Gasteiger partial charge in [-0.1, -0.05) is 60.1 Å². The van der Waals surface area contributed by atoms with Crippen LogP contribution in [0.4, 0.5) is 5.82 Å². The van der Waals surface area contributed by atoms with Crippen LogP contribution in [-0.4, -0.2) is 19.6 Å². The lowest BCUT2D eigenvalue weighted by atomic mass is 10.1. The van der Waals surface area contributed by atoms with E-state index in [9.17, 15) is 0 Å². The van der Waals surface area contributed by atoms with Gasteiger partial charge in [0.2, 0.25) is 0 Å². The molecule has 4 aromatic rings. The van der Waals surface area contributed by atoms with Gasteiger partial charge in [0, 0.05) is 23.2 Å². The number of hydrogen-bond acceptors (Lipinski definition) is 4. The fourth-order valence-corrected chi connectivity index (χ4v) is 2.74. The molecule has 2 heterocycles. The number of hydrogen-bond donors (Lipinski definition) is 1. The third kappa shape index (κ3) is 2.81. The second-order valence-corrected chi connectivity index (χ2v) is 5.75. The molecule has 0 fully saturated rings. The number of rotatable bonds is 4. The molecule has 2 aromatic carbocycles. The fraction of sp³-hybridized carbons (Fsp3) is 0.0556. The first-order valence-corrected chi connectivity index (χ1v) is 7.92. The van der Waals surface area contributed by atoms with E-state index in [1.165, 1.54) is 0 Å². The third-order valence-electron chi connectivity index (χ3n) is 3.77. The molecule has 0 bridgehead atoms. The van der Waals surface area contributed by atoms with Gasteiger partial charge in [-0.2, -0.15) is 0 Å². The predicted octanol–water partition coefficient (Wildman–Crippen LogP) is 4.06. The Morgan fingerprint density at radius 1 is 1.00 bits per heavy atom. The molecule has 6 heteroatoms. The zero-order valence-corrected chi connectivity index (χ0v) is 13.5. The first-order valence-electron chi connectivity index (χ1n) is 7.55. The molecule has 5 nitrogen and oxygen atoms in total. The quantitative estimate of drug-likeness (QED) is 0.611. The van der Waals surface area contributed by atoms with Crippen molar-refractivity contribution in [2.24, 2.45) is 0 Å². The summed E-state index contributed by atoms with van der Waals surface area (Å²) in [6.45, 7) is 0.602. The van der Waals surface area contributed by atoms with E-state index in [2.05, 4.69) is 20.5 Å². The van der Waals surface area contributed by atoms with E-state index in [1.54, 1.807) is 6.33 Å². The number of halogens is 1.